The lowest BCUT2D eigenvalue weighted by Gasteiger charge is -2.15. The lowest BCUT2D eigenvalue weighted by molar-refractivity contribution is -0.143. The van der Waals surface area contributed by atoms with Gasteiger partial charge in [0.05, 0.1) is 13.7 Å². The molecule has 16 heavy (non-hydrogen) atoms. The molecule has 0 aliphatic carbocycles. The highest BCUT2D eigenvalue weighted by atomic mass is 79.9. The smallest absolute Gasteiger partial charge is 0.327 e. The lowest BCUT2D eigenvalue weighted by atomic mass is 10.1. The predicted molar refractivity (Wildman–Crippen MR) is 65.7 cm³/mol. The summed E-state index contributed by atoms with van der Waals surface area (Å²) in [4.78, 5) is 11.6. The van der Waals surface area contributed by atoms with Crippen molar-refractivity contribution in [2.45, 2.75) is 6.04 Å². The quantitative estimate of drug-likeness (QED) is 0.677. The van der Waals surface area contributed by atoms with Crippen LogP contribution in [0.5, 0.6) is 0 Å². The van der Waals surface area contributed by atoms with Gasteiger partial charge < -0.3 is 4.74 Å². The van der Waals surface area contributed by atoms with Gasteiger partial charge in [-0.1, -0.05) is 34.0 Å². The molecule has 0 aromatic heterocycles. The van der Waals surface area contributed by atoms with Crippen molar-refractivity contribution in [3.8, 4) is 12.3 Å². The first-order valence-corrected chi connectivity index (χ1v) is 5.48. The van der Waals surface area contributed by atoms with Gasteiger partial charge in [0.1, 0.15) is 6.04 Å². The second kappa shape index (κ2) is 6.31. The zero-order chi connectivity index (χ0) is 12.0. The van der Waals surface area contributed by atoms with E-state index in [4.69, 9.17) is 11.2 Å². The van der Waals surface area contributed by atoms with Crippen molar-refractivity contribution in [1.82, 2.24) is 5.32 Å². The second-order valence-electron chi connectivity index (χ2n) is 3.10. The Morgan fingerprint density at radius 1 is 1.69 bits per heavy atom. The molecule has 84 valence electrons. The molecule has 1 atom stereocenters. The molecule has 0 heterocycles. The molecule has 0 saturated carbocycles. The highest BCUT2D eigenvalue weighted by Gasteiger charge is 2.20. The molecule has 1 aromatic rings. The van der Waals surface area contributed by atoms with Crippen molar-refractivity contribution < 1.29 is 9.53 Å². The Hall–Kier alpha value is -1.31. The second-order valence-corrected chi connectivity index (χ2v) is 4.01. The van der Waals surface area contributed by atoms with Crippen molar-refractivity contribution in [2.24, 2.45) is 0 Å². The van der Waals surface area contributed by atoms with Crippen LogP contribution in [-0.4, -0.2) is 19.6 Å². The van der Waals surface area contributed by atoms with Crippen molar-refractivity contribution in [3.05, 3.63) is 34.3 Å². The van der Waals surface area contributed by atoms with Crippen LogP contribution in [0.2, 0.25) is 0 Å². The maximum atomic E-state index is 11.6. The van der Waals surface area contributed by atoms with Crippen LogP contribution in [0.1, 0.15) is 11.6 Å². The van der Waals surface area contributed by atoms with Crippen LogP contribution >= 0.6 is 15.9 Å². The summed E-state index contributed by atoms with van der Waals surface area (Å²) in [5.41, 5.74) is 0.816. The van der Waals surface area contributed by atoms with Gasteiger partial charge in [0.15, 0.2) is 0 Å². The lowest BCUT2D eigenvalue weighted by Crippen LogP contribution is -2.29. The van der Waals surface area contributed by atoms with Crippen LogP contribution in [0, 0.1) is 12.3 Å². The molecule has 0 saturated heterocycles. The number of rotatable bonds is 4. The highest BCUT2D eigenvalue weighted by Crippen LogP contribution is 2.19. The van der Waals surface area contributed by atoms with Crippen LogP contribution < -0.4 is 5.32 Å². The van der Waals surface area contributed by atoms with Gasteiger partial charge in [-0.05, 0) is 17.7 Å². The Morgan fingerprint density at radius 3 is 3.00 bits per heavy atom. The summed E-state index contributed by atoms with van der Waals surface area (Å²) in [7, 11) is 1.35. The number of benzene rings is 1. The minimum Gasteiger partial charge on any atom is -0.468 e. The summed E-state index contributed by atoms with van der Waals surface area (Å²) in [6.45, 7) is 0.312. The number of hydrogen-bond acceptors (Lipinski definition) is 3. The fourth-order valence-electron chi connectivity index (χ4n) is 1.30. The molecule has 0 bridgehead atoms. The van der Waals surface area contributed by atoms with Crippen LogP contribution in [0.4, 0.5) is 0 Å². The molecule has 1 rings (SSSR count). The van der Waals surface area contributed by atoms with E-state index in [1.54, 1.807) is 0 Å². The number of nitrogens with one attached hydrogen (secondary N) is 1. The van der Waals surface area contributed by atoms with Gasteiger partial charge in [-0.3, -0.25) is 5.32 Å². The number of terminal acetylenes is 1. The van der Waals surface area contributed by atoms with E-state index in [-0.39, 0.29) is 5.97 Å². The molecule has 0 spiro atoms. The first-order chi connectivity index (χ1) is 7.69. The zero-order valence-corrected chi connectivity index (χ0v) is 10.5. The number of ether oxygens (including phenoxy) is 1. The normalized spacial score (nSPS) is 11.6. The van der Waals surface area contributed by atoms with E-state index < -0.39 is 6.04 Å². The average Bonchev–Trinajstić information content (AvgIpc) is 2.29. The number of halogens is 1. The molecule has 0 amide bonds. The maximum absolute atomic E-state index is 11.6. The summed E-state index contributed by atoms with van der Waals surface area (Å²) >= 11 is 3.35. The number of carbonyl (C=O) groups excluding carboxylic acids is 1. The number of methoxy groups -OCH3 is 1. The van der Waals surface area contributed by atoms with Crippen LogP contribution in [-0.2, 0) is 9.53 Å². The number of hydrogen-bond donors (Lipinski definition) is 1. The summed E-state index contributed by atoms with van der Waals surface area (Å²) in [5.74, 6) is 2.08. The van der Waals surface area contributed by atoms with Crippen molar-refractivity contribution in [1.29, 1.82) is 0 Å². The van der Waals surface area contributed by atoms with E-state index >= 15 is 0 Å². The van der Waals surface area contributed by atoms with Gasteiger partial charge in [0, 0.05) is 4.47 Å². The van der Waals surface area contributed by atoms with Gasteiger partial charge in [-0.2, -0.15) is 0 Å². The van der Waals surface area contributed by atoms with Gasteiger partial charge in [0.2, 0.25) is 0 Å². The first-order valence-electron chi connectivity index (χ1n) is 4.69. The molecular formula is C12H12BrNO2. The van der Waals surface area contributed by atoms with Gasteiger partial charge in [-0.25, -0.2) is 4.79 Å². The average molecular weight is 282 g/mol. The van der Waals surface area contributed by atoms with E-state index in [0.717, 1.165) is 10.0 Å². The molecule has 3 nitrogen and oxygen atoms in total. The Labute approximate surface area is 103 Å². The van der Waals surface area contributed by atoms with Crippen molar-refractivity contribution in [3.63, 3.8) is 0 Å². The molecule has 0 radical (unpaired) electrons. The summed E-state index contributed by atoms with van der Waals surface area (Å²) in [5, 5.41) is 2.93. The number of carbonyl (C=O) groups is 1. The molecule has 0 aliphatic rings. The van der Waals surface area contributed by atoms with Crippen LogP contribution in [0.3, 0.4) is 0 Å². The maximum Gasteiger partial charge on any atom is 0.327 e. The van der Waals surface area contributed by atoms with E-state index in [0.29, 0.717) is 6.54 Å². The number of esters is 1. The summed E-state index contributed by atoms with van der Waals surface area (Å²) in [6, 6.07) is 6.91. The third-order valence-corrected chi connectivity index (χ3v) is 2.52. The highest BCUT2D eigenvalue weighted by molar-refractivity contribution is 9.10. The SMILES string of the molecule is C#CCNC(C(=O)OC)c1cccc(Br)c1. The fourth-order valence-corrected chi connectivity index (χ4v) is 1.72. The predicted octanol–water partition coefficient (Wildman–Crippen LogP) is 1.89. The fraction of sp³-hybridized carbons (Fsp3) is 0.250. The molecule has 1 N–H and O–H groups in total. The van der Waals surface area contributed by atoms with Gasteiger partial charge in [0.25, 0.3) is 0 Å². The molecule has 0 fully saturated rings. The first kappa shape index (κ1) is 12.8. The van der Waals surface area contributed by atoms with E-state index in [9.17, 15) is 4.79 Å². The third kappa shape index (κ3) is 3.37. The molecule has 1 aromatic carbocycles. The monoisotopic (exact) mass is 281 g/mol. The minimum absolute atomic E-state index is 0.312. The Kier molecular flexibility index (Phi) is 5.03. The van der Waals surface area contributed by atoms with E-state index in [1.807, 2.05) is 24.3 Å². The molecule has 4 heteroatoms. The van der Waals surface area contributed by atoms with Crippen molar-refractivity contribution in [2.75, 3.05) is 13.7 Å². The zero-order valence-electron chi connectivity index (χ0n) is 8.87. The van der Waals surface area contributed by atoms with Gasteiger partial charge >= 0.3 is 5.97 Å². The topological polar surface area (TPSA) is 38.3 Å². The molecule has 1 unspecified atom stereocenters. The van der Waals surface area contributed by atoms with Gasteiger partial charge in [-0.15, -0.1) is 6.42 Å². The van der Waals surface area contributed by atoms with Crippen molar-refractivity contribution >= 4 is 21.9 Å². The largest absolute Gasteiger partial charge is 0.468 e. The van der Waals surface area contributed by atoms with E-state index in [2.05, 4.69) is 27.2 Å². The standard InChI is InChI=1S/C12H12BrNO2/c1-3-7-14-11(12(15)16-2)9-5-4-6-10(13)8-9/h1,4-6,8,11,14H,7H2,2H3. The molecular weight excluding hydrogens is 270 g/mol. The van der Waals surface area contributed by atoms with E-state index in [1.165, 1.54) is 7.11 Å². The summed E-state index contributed by atoms with van der Waals surface area (Å²) < 4.78 is 5.62. The minimum atomic E-state index is -0.529. The Balaban J connectivity index is 2.92. The van der Waals surface area contributed by atoms with Crippen LogP contribution in [0.25, 0.3) is 0 Å². The Bertz CT molecular complexity index is 412. The van der Waals surface area contributed by atoms with Crippen LogP contribution in [0.15, 0.2) is 28.7 Å². The Morgan fingerprint density at radius 2 is 2.44 bits per heavy atom. The molecule has 0 aliphatic heterocycles. The third-order valence-electron chi connectivity index (χ3n) is 2.03. The summed E-state index contributed by atoms with van der Waals surface area (Å²) in [6.07, 6.45) is 5.15.